The molecule has 5 rings (SSSR count). The molecular formula is C29H35N3O5S. The number of nitrogens with zero attached hydrogens (tertiary/aromatic N) is 2. The van der Waals surface area contributed by atoms with Crippen molar-refractivity contribution in [2.24, 2.45) is 0 Å². The van der Waals surface area contributed by atoms with E-state index in [2.05, 4.69) is 5.32 Å². The highest BCUT2D eigenvalue weighted by Crippen LogP contribution is 2.35. The number of nitrogens with one attached hydrogen (secondary N) is 1. The highest BCUT2D eigenvalue weighted by Gasteiger charge is 2.41. The lowest BCUT2D eigenvalue weighted by molar-refractivity contribution is -0.119. The third kappa shape index (κ3) is 5.01. The molecule has 9 heteroatoms. The number of fused-ring (bicyclic) bond motifs is 1. The Hall–Kier alpha value is -3.04. The van der Waals surface area contributed by atoms with Crippen molar-refractivity contribution in [3.63, 3.8) is 0 Å². The van der Waals surface area contributed by atoms with Crippen molar-refractivity contribution in [2.75, 3.05) is 5.32 Å². The van der Waals surface area contributed by atoms with Crippen molar-refractivity contribution in [1.29, 1.82) is 0 Å². The molecule has 38 heavy (non-hydrogen) atoms. The summed E-state index contributed by atoms with van der Waals surface area (Å²) in [6, 6.07) is 11.8. The summed E-state index contributed by atoms with van der Waals surface area (Å²) in [5, 5.41) is 2.73. The van der Waals surface area contributed by atoms with Gasteiger partial charge in [0.1, 0.15) is 6.04 Å². The average molecular weight is 538 g/mol. The SMILES string of the molecule is CC(C(=O)Nc1ccc(S(=O)(=O)N(C2CCCCC2)C2CCCCC2)cc1)N1C(=O)c2ccccc2C1=O. The maximum atomic E-state index is 13.9. The van der Waals surface area contributed by atoms with Crippen LogP contribution in [0.5, 0.6) is 0 Å². The molecule has 1 atom stereocenters. The molecule has 2 fully saturated rings. The van der Waals surface area contributed by atoms with E-state index in [1.54, 1.807) is 36.4 Å². The van der Waals surface area contributed by atoms with Gasteiger partial charge in [-0.3, -0.25) is 19.3 Å². The molecule has 3 amide bonds. The summed E-state index contributed by atoms with van der Waals surface area (Å²) in [4.78, 5) is 39.6. The van der Waals surface area contributed by atoms with Crippen molar-refractivity contribution >= 4 is 33.4 Å². The van der Waals surface area contributed by atoms with Gasteiger partial charge in [-0.2, -0.15) is 4.31 Å². The molecule has 2 aromatic carbocycles. The van der Waals surface area contributed by atoms with Crippen molar-refractivity contribution in [3.8, 4) is 0 Å². The Morgan fingerprint density at radius 3 is 1.76 bits per heavy atom. The van der Waals surface area contributed by atoms with Crippen LogP contribution in [0.25, 0.3) is 0 Å². The fraction of sp³-hybridized carbons (Fsp3) is 0.483. The quantitative estimate of drug-likeness (QED) is 0.503. The number of anilines is 1. The van der Waals surface area contributed by atoms with E-state index in [-0.39, 0.29) is 28.1 Å². The maximum Gasteiger partial charge on any atom is 0.262 e. The zero-order valence-corrected chi connectivity index (χ0v) is 22.6. The van der Waals surface area contributed by atoms with Gasteiger partial charge >= 0.3 is 0 Å². The van der Waals surface area contributed by atoms with E-state index >= 15 is 0 Å². The van der Waals surface area contributed by atoms with Crippen LogP contribution in [0.3, 0.4) is 0 Å². The van der Waals surface area contributed by atoms with Gasteiger partial charge in [0.2, 0.25) is 15.9 Å². The Bertz CT molecular complexity index is 1260. The maximum absolute atomic E-state index is 13.9. The van der Waals surface area contributed by atoms with E-state index in [9.17, 15) is 22.8 Å². The highest BCUT2D eigenvalue weighted by atomic mass is 32.2. The minimum Gasteiger partial charge on any atom is -0.324 e. The number of carbonyl (C=O) groups excluding carboxylic acids is 3. The van der Waals surface area contributed by atoms with Crippen LogP contribution in [-0.4, -0.2) is 53.5 Å². The van der Waals surface area contributed by atoms with Crippen LogP contribution < -0.4 is 5.32 Å². The summed E-state index contributed by atoms with van der Waals surface area (Å²) in [6.45, 7) is 1.50. The first-order valence-electron chi connectivity index (χ1n) is 13.7. The smallest absolute Gasteiger partial charge is 0.262 e. The molecule has 1 N–H and O–H groups in total. The molecule has 0 radical (unpaired) electrons. The van der Waals surface area contributed by atoms with Crippen molar-refractivity contribution in [1.82, 2.24) is 9.21 Å². The summed E-state index contributed by atoms with van der Waals surface area (Å²) in [7, 11) is -3.70. The normalized spacial score (nSPS) is 20.0. The molecule has 202 valence electrons. The van der Waals surface area contributed by atoms with Gasteiger partial charge in [0.15, 0.2) is 0 Å². The third-order valence-corrected chi connectivity index (χ3v) is 10.2. The lowest BCUT2D eigenvalue weighted by atomic mass is 9.91. The molecule has 1 aliphatic heterocycles. The minimum absolute atomic E-state index is 0.0386. The van der Waals surface area contributed by atoms with Crippen LogP contribution in [0.4, 0.5) is 5.69 Å². The van der Waals surface area contributed by atoms with Crippen LogP contribution in [0.1, 0.15) is 91.8 Å². The minimum atomic E-state index is -3.70. The zero-order chi connectivity index (χ0) is 26.9. The number of hydrogen-bond acceptors (Lipinski definition) is 5. The number of hydrogen-bond donors (Lipinski definition) is 1. The van der Waals surface area contributed by atoms with E-state index in [0.29, 0.717) is 5.69 Å². The highest BCUT2D eigenvalue weighted by molar-refractivity contribution is 7.89. The number of amides is 3. The fourth-order valence-corrected chi connectivity index (χ4v) is 8.05. The van der Waals surface area contributed by atoms with Gasteiger partial charge in [0, 0.05) is 17.8 Å². The molecule has 2 aliphatic carbocycles. The van der Waals surface area contributed by atoms with Crippen LogP contribution >= 0.6 is 0 Å². The summed E-state index contributed by atoms with van der Waals surface area (Å²) in [6.07, 6.45) is 10.1. The van der Waals surface area contributed by atoms with Crippen molar-refractivity contribution in [3.05, 3.63) is 59.7 Å². The monoisotopic (exact) mass is 537 g/mol. The fourth-order valence-electron chi connectivity index (χ4n) is 6.12. The third-order valence-electron chi connectivity index (χ3n) is 8.16. The predicted molar refractivity (Wildman–Crippen MR) is 144 cm³/mol. The van der Waals surface area contributed by atoms with Gasteiger partial charge in [-0.05, 0) is 69.0 Å². The van der Waals surface area contributed by atoms with Gasteiger partial charge in [0.05, 0.1) is 16.0 Å². The van der Waals surface area contributed by atoms with Gasteiger partial charge < -0.3 is 5.32 Å². The lowest BCUT2D eigenvalue weighted by Gasteiger charge is -2.40. The Kier molecular flexibility index (Phi) is 7.68. The second-order valence-electron chi connectivity index (χ2n) is 10.6. The van der Waals surface area contributed by atoms with E-state index in [1.165, 1.54) is 19.1 Å². The molecular weight excluding hydrogens is 502 g/mol. The van der Waals surface area contributed by atoms with Gasteiger partial charge in [-0.1, -0.05) is 50.7 Å². The number of benzene rings is 2. The Balaban J connectivity index is 1.31. The van der Waals surface area contributed by atoms with Gasteiger partial charge in [-0.25, -0.2) is 8.42 Å². The van der Waals surface area contributed by atoms with Crippen molar-refractivity contribution in [2.45, 2.75) is 94.2 Å². The molecule has 8 nitrogen and oxygen atoms in total. The number of sulfonamides is 1. The molecule has 0 spiro atoms. The van der Waals surface area contributed by atoms with E-state index in [0.717, 1.165) is 69.1 Å². The van der Waals surface area contributed by atoms with Crippen LogP contribution in [-0.2, 0) is 14.8 Å². The van der Waals surface area contributed by atoms with Crippen LogP contribution in [0.15, 0.2) is 53.4 Å². The van der Waals surface area contributed by atoms with Gasteiger partial charge in [0.25, 0.3) is 11.8 Å². The first kappa shape index (κ1) is 26.6. The lowest BCUT2D eigenvalue weighted by Crippen LogP contribution is -2.48. The Labute approximate surface area is 224 Å². The standard InChI is InChI=1S/C29H35N3O5S/c1-20(31-28(34)25-14-8-9-15-26(25)29(31)35)27(33)30-21-16-18-24(19-17-21)38(36,37)32(22-10-4-2-5-11-22)23-12-6-3-7-13-23/h8-9,14-20,22-23H,2-7,10-13H2,1H3,(H,30,33). The first-order chi connectivity index (χ1) is 18.3. The van der Waals surface area contributed by atoms with Crippen LogP contribution in [0, 0.1) is 0 Å². The van der Waals surface area contributed by atoms with Gasteiger partial charge in [-0.15, -0.1) is 0 Å². The molecule has 2 aromatic rings. The topological polar surface area (TPSA) is 104 Å². The Morgan fingerprint density at radius 2 is 1.29 bits per heavy atom. The van der Waals surface area contributed by atoms with E-state index in [4.69, 9.17) is 0 Å². The second kappa shape index (κ2) is 11.0. The number of rotatable bonds is 7. The molecule has 0 saturated heterocycles. The summed E-state index contributed by atoms with van der Waals surface area (Å²) in [5.41, 5.74) is 0.971. The molecule has 2 saturated carbocycles. The zero-order valence-electron chi connectivity index (χ0n) is 21.8. The Morgan fingerprint density at radius 1 is 0.816 bits per heavy atom. The molecule has 3 aliphatic rings. The van der Waals surface area contributed by atoms with Crippen molar-refractivity contribution < 1.29 is 22.8 Å². The summed E-state index contributed by atoms with van der Waals surface area (Å²) >= 11 is 0. The number of imide groups is 1. The van der Waals surface area contributed by atoms with E-state index < -0.39 is 33.8 Å². The average Bonchev–Trinajstić information content (AvgIpc) is 3.19. The molecule has 1 heterocycles. The first-order valence-corrected chi connectivity index (χ1v) is 15.1. The largest absolute Gasteiger partial charge is 0.324 e. The predicted octanol–water partition coefficient (Wildman–Crippen LogP) is 4.97. The molecule has 1 unspecified atom stereocenters. The summed E-state index contributed by atoms with van der Waals surface area (Å²) in [5.74, 6) is -1.53. The molecule has 0 bridgehead atoms. The molecule has 0 aromatic heterocycles. The summed E-state index contributed by atoms with van der Waals surface area (Å²) < 4.78 is 29.6. The second-order valence-corrected chi connectivity index (χ2v) is 12.5. The van der Waals surface area contributed by atoms with Crippen LogP contribution in [0.2, 0.25) is 0 Å². The van der Waals surface area contributed by atoms with E-state index in [1.807, 2.05) is 4.31 Å². The number of carbonyl (C=O) groups is 3.